The number of anilines is 1. The number of carbonyl (C=O) groups excluding carboxylic acids is 1. The lowest BCUT2D eigenvalue weighted by molar-refractivity contribution is -0.276. The minimum Gasteiger partial charge on any atom is -0.444 e. The molecule has 52 heavy (non-hydrogen) atoms. The smallest absolute Gasteiger partial charge is 0.444 e. The molecule has 4 aromatic rings. The molecule has 0 saturated carbocycles. The summed E-state index contributed by atoms with van der Waals surface area (Å²) in [4.78, 5) is 18.3. The number of carbonyl (C=O) groups is 1. The van der Waals surface area contributed by atoms with E-state index in [0.29, 0.717) is 56.4 Å². The molecule has 1 unspecified atom stereocenters. The van der Waals surface area contributed by atoms with Crippen LogP contribution in [0.3, 0.4) is 0 Å². The highest BCUT2D eigenvalue weighted by molar-refractivity contribution is 6.38. The maximum absolute atomic E-state index is 14.4. The van der Waals surface area contributed by atoms with Gasteiger partial charge in [-0.05, 0) is 94.3 Å². The van der Waals surface area contributed by atoms with Crippen LogP contribution in [0.25, 0.3) is 22.0 Å². The summed E-state index contributed by atoms with van der Waals surface area (Å²) in [5, 5.41) is 9.51. The number of pyridine rings is 1. The fourth-order valence-corrected chi connectivity index (χ4v) is 6.13. The van der Waals surface area contributed by atoms with Crippen LogP contribution in [0.5, 0.6) is 5.75 Å². The van der Waals surface area contributed by atoms with Crippen molar-refractivity contribution in [1.82, 2.24) is 19.7 Å². The van der Waals surface area contributed by atoms with E-state index < -0.39 is 35.4 Å². The molecule has 1 fully saturated rings. The number of nitrogens with one attached hydrogen (secondary N) is 1. The zero-order chi connectivity index (χ0) is 37.5. The first-order valence-corrected chi connectivity index (χ1v) is 17.3. The topological polar surface area (TPSA) is 100.0 Å². The zero-order valence-corrected chi connectivity index (χ0v) is 29.8. The van der Waals surface area contributed by atoms with Gasteiger partial charge >= 0.3 is 12.5 Å². The molecule has 3 heterocycles. The van der Waals surface area contributed by atoms with Gasteiger partial charge in [-0.3, -0.25) is 4.98 Å². The molecular weight excluding hydrogens is 713 g/mol. The second kappa shape index (κ2) is 17.1. The third-order valence-electron chi connectivity index (χ3n) is 8.07. The number of amides is 1. The molecule has 16 heteroatoms. The summed E-state index contributed by atoms with van der Waals surface area (Å²) in [6, 6.07) is 7.15. The van der Waals surface area contributed by atoms with Crippen LogP contribution in [0.4, 0.5) is 32.4 Å². The van der Waals surface area contributed by atoms with Crippen LogP contribution in [-0.2, 0) is 20.8 Å². The van der Waals surface area contributed by atoms with E-state index in [1.54, 1.807) is 39.4 Å². The lowest BCUT2D eigenvalue weighted by Gasteiger charge is -2.27. The molecule has 0 aliphatic carbocycles. The summed E-state index contributed by atoms with van der Waals surface area (Å²) in [5.74, 6) is -4.65. The minimum absolute atomic E-state index is 0.0714. The van der Waals surface area contributed by atoms with Crippen LogP contribution < -0.4 is 10.1 Å². The number of ether oxygens (including phenoxy) is 4. The monoisotopic (exact) mass is 753 g/mol. The molecule has 2 aromatic carbocycles. The molecule has 1 aliphatic rings. The Labute approximate surface area is 303 Å². The van der Waals surface area contributed by atoms with Gasteiger partial charge in [-0.2, -0.15) is 5.10 Å². The Morgan fingerprint density at radius 1 is 1.08 bits per heavy atom. The summed E-state index contributed by atoms with van der Waals surface area (Å²) in [6.45, 7) is 6.66. The second-order valence-electron chi connectivity index (χ2n) is 13.3. The van der Waals surface area contributed by atoms with Gasteiger partial charge in [0.2, 0.25) is 5.75 Å². The summed E-state index contributed by atoms with van der Waals surface area (Å²) in [6.07, 6.45) is 2.83. The molecule has 10 nitrogen and oxygen atoms in total. The quantitative estimate of drug-likeness (QED) is 0.101. The van der Waals surface area contributed by atoms with Crippen LogP contribution in [-0.4, -0.2) is 70.6 Å². The molecule has 0 bridgehead atoms. The van der Waals surface area contributed by atoms with Crippen molar-refractivity contribution in [3.8, 4) is 16.9 Å². The molecule has 1 aliphatic heterocycles. The van der Waals surface area contributed by atoms with E-state index in [1.807, 2.05) is 22.9 Å². The molecule has 1 amide bonds. The minimum atomic E-state index is -5.27. The first kappa shape index (κ1) is 39.0. The van der Waals surface area contributed by atoms with E-state index in [1.165, 1.54) is 4.90 Å². The number of hydrogen-bond donors (Lipinski definition) is 1. The highest BCUT2D eigenvalue weighted by Crippen LogP contribution is 2.41. The number of aromatic nitrogens is 3. The number of benzene rings is 2. The Morgan fingerprint density at radius 3 is 2.46 bits per heavy atom. The molecule has 2 aromatic heterocycles. The molecule has 0 spiro atoms. The lowest BCUT2D eigenvalue weighted by Crippen LogP contribution is -2.37. The van der Waals surface area contributed by atoms with Gasteiger partial charge in [-0.25, -0.2) is 18.3 Å². The Bertz CT molecular complexity index is 1790. The second-order valence-corrected chi connectivity index (χ2v) is 13.7. The van der Waals surface area contributed by atoms with Crippen molar-refractivity contribution in [1.29, 1.82) is 0 Å². The highest BCUT2D eigenvalue weighted by Gasteiger charge is 2.34. The number of hydrogen-bond acceptors (Lipinski definition) is 8. The molecular formula is C36H41ClF5N5O5. The summed E-state index contributed by atoms with van der Waals surface area (Å²) in [7, 11) is 0. The number of halogens is 6. The molecule has 1 saturated heterocycles. The standard InChI is InChI=1S/C36H41ClF5N5O5/c1-35(2,3)52-34(48)46(22-23-18-27(38)33(28(39)19-23)51-36(40,41)42)14-5-7-15-49-17-13-44-29-20-25(24-9-11-43-12-10-24)31(37)32-26(29)21-45-47(32)30-8-4-6-16-50-30/h9-12,18-21,30,44H,4-8,13-17,22H2,1-3H3. The zero-order valence-electron chi connectivity index (χ0n) is 29.1. The number of nitrogens with zero attached hydrogens (tertiary/aromatic N) is 4. The van der Waals surface area contributed by atoms with E-state index >= 15 is 0 Å². The van der Waals surface area contributed by atoms with Gasteiger partial charge in [0.1, 0.15) is 5.60 Å². The number of fused-ring (bicyclic) bond motifs is 1. The predicted molar refractivity (Wildman–Crippen MR) is 185 cm³/mol. The largest absolute Gasteiger partial charge is 0.573 e. The van der Waals surface area contributed by atoms with Crippen molar-refractivity contribution in [2.75, 3.05) is 38.2 Å². The van der Waals surface area contributed by atoms with Crippen LogP contribution in [0.15, 0.2) is 48.9 Å². The van der Waals surface area contributed by atoms with Crippen LogP contribution >= 0.6 is 11.6 Å². The normalized spacial score (nSPS) is 15.1. The number of alkyl halides is 3. The first-order valence-electron chi connectivity index (χ1n) is 16.9. The van der Waals surface area contributed by atoms with Crippen LogP contribution in [0.2, 0.25) is 5.02 Å². The van der Waals surface area contributed by atoms with Crippen LogP contribution in [0, 0.1) is 11.6 Å². The Balaban J connectivity index is 1.17. The fourth-order valence-electron chi connectivity index (χ4n) is 5.78. The van der Waals surface area contributed by atoms with E-state index in [0.717, 1.165) is 47.0 Å². The number of rotatable bonds is 14. The van der Waals surface area contributed by atoms with Gasteiger partial charge in [-0.1, -0.05) is 11.6 Å². The van der Waals surface area contributed by atoms with Crippen molar-refractivity contribution in [2.45, 2.75) is 77.6 Å². The summed E-state index contributed by atoms with van der Waals surface area (Å²) in [5.41, 5.74) is 2.40. The van der Waals surface area contributed by atoms with Gasteiger partial charge in [-0.15, -0.1) is 13.2 Å². The Hall–Kier alpha value is -4.21. The highest BCUT2D eigenvalue weighted by atomic mass is 35.5. The molecule has 0 radical (unpaired) electrons. The first-order chi connectivity index (χ1) is 24.7. The number of unbranched alkanes of at least 4 members (excludes halogenated alkanes) is 1. The van der Waals surface area contributed by atoms with Crippen molar-refractivity contribution >= 4 is 34.3 Å². The van der Waals surface area contributed by atoms with Crippen molar-refractivity contribution in [2.24, 2.45) is 0 Å². The molecule has 5 rings (SSSR count). The third kappa shape index (κ3) is 10.4. The van der Waals surface area contributed by atoms with Gasteiger partial charge in [0.05, 0.1) is 23.3 Å². The van der Waals surface area contributed by atoms with Gasteiger partial charge in [0.15, 0.2) is 17.9 Å². The van der Waals surface area contributed by atoms with Crippen molar-refractivity contribution in [3.05, 3.63) is 71.1 Å². The van der Waals surface area contributed by atoms with Gasteiger partial charge in [0, 0.05) is 61.9 Å². The lowest BCUT2D eigenvalue weighted by atomic mass is 10.0. The summed E-state index contributed by atoms with van der Waals surface area (Å²) >= 11 is 7.01. The predicted octanol–water partition coefficient (Wildman–Crippen LogP) is 9.27. The van der Waals surface area contributed by atoms with Gasteiger partial charge < -0.3 is 29.2 Å². The average Bonchev–Trinajstić information content (AvgIpc) is 3.54. The Kier molecular flexibility index (Phi) is 12.8. The molecule has 282 valence electrons. The third-order valence-corrected chi connectivity index (χ3v) is 8.45. The SMILES string of the molecule is CC(C)(C)OC(=O)N(CCCCOCCNc1cc(-c2ccncc2)c(Cl)c2c1cnn2C1CCCCO1)Cc1cc(F)c(OC(F)(F)F)c(F)c1. The van der Waals surface area contributed by atoms with E-state index in [-0.39, 0.29) is 24.9 Å². The fraction of sp³-hybridized carbons (Fsp3) is 0.472. The van der Waals surface area contributed by atoms with E-state index in [9.17, 15) is 26.7 Å². The molecule has 1 atom stereocenters. The molecule has 1 N–H and O–H groups in total. The van der Waals surface area contributed by atoms with Crippen LogP contribution in [0.1, 0.15) is 64.7 Å². The van der Waals surface area contributed by atoms with Crippen molar-refractivity contribution < 1.29 is 45.7 Å². The maximum atomic E-state index is 14.4. The summed E-state index contributed by atoms with van der Waals surface area (Å²) < 4.78 is 89.1. The maximum Gasteiger partial charge on any atom is 0.573 e. The van der Waals surface area contributed by atoms with Gasteiger partial charge in [0.25, 0.3) is 0 Å². The Morgan fingerprint density at radius 2 is 1.81 bits per heavy atom. The van der Waals surface area contributed by atoms with E-state index in [4.69, 9.17) is 25.8 Å². The van der Waals surface area contributed by atoms with E-state index in [2.05, 4.69) is 20.1 Å². The van der Waals surface area contributed by atoms with Crippen molar-refractivity contribution in [3.63, 3.8) is 0 Å². The average molecular weight is 754 g/mol.